The first-order chi connectivity index (χ1) is 9.30. The highest BCUT2D eigenvalue weighted by Gasteiger charge is 2.28. The quantitative estimate of drug-likeness (QED) is 0.881. The van der Waals surface area contributed by atoms with Crippen LogP contribution in [0.3, 0.4) is 0 Å². The summed E-state index contributed by atoms with van der Waals surface area (Å²) >= 11 is 0. The van der Waals surface area contributed by atoms with Gasteiger partial charge in [0.25, 0.3) is 0 Å². The van der Waals surface area contributed by atoms with E-state index in [1.54, 1.807) is 0 Å². The Morgan fingerprint density at radius 1 is 1.35 bits per heavy atom. The van der Waals surface area contributed by atoms with Crippen LogP contribution in [0.4, 0.5) is 14.5 Å². The highest BCUT2D eigenvalue weighted by Crippen LogP contribution is 2.23. The van der Waals surface area contributed by atoms with Gasteiger partial charge in [0.1, 0.15) is 0 Å². The number of nitrogens with one attached hydrogen (secondary N) is 1. The summed E-state index contributed by atoms with van der Waals surface area (Å²) in [6.07, 6.45) is 0.479. The number of carboxylic acid groups (broad SMARTS) is 1. The van der Waals surface area contributed by atoms with Gasteiger partial charge in [-0.2, -0.15) is 0 Å². The van der Waals surface area contributed by atoms with Gasteiger partial charge < -0.3 is 10.4 Å². The molecule has 2 N–H and O–H groups in total. The lowest BCUT2D eigenvalue weighted by molar-refractivity contribution is 0.0690. The monoisotopic (exact) mass is 305 g/mol. The Morgan fingerprint density at radius 3 is 2.60 bits per heavy atom. The smallest absolute Gasteiger partial charge is 0.338 e. The molecule has 1 heterocycles. The molecular formula is C12H13F2NO4S. The van der Waals surface area contributed by atoms with Gasteiger partial charge in [0, 0.05) is 6.54 Å². The maximum Gasteiger partial charge on any atom is 0.338 e. The van der Waals surface area contributed by atoms with Crippen LogP contribution < -0.4 is 5.32 Å². The van der Waals surface area contributed by atoms with Crippen LogP contribution in [0.2, 0.25) is 0 Å². The predicted molar refractivity (Wildman–Crippen MR) is 68.6 cm³/mol. The molecule has 1 aromatic rings. The van der Waals surface area contributed by atoms with Gasteiger partial charge in [-0.25, -0.2) is 22.0 Å². The molecular weight excluding hydrogens is 292 g/mol. The number of hydrogen-bond donors (Lipinski definition) is 2. The zero-order valence-corrected chi connectivity index (χ0v) is 11.2. The van der Waals surface area contributed by atoms with E-state index >= 15 is 0 Å². The van der Waals surface area contributed by atoms with Crippen molar-refractivity contribution in [3.63, 3.8) is 0 Å². The highest BCUT2D eigenvalue weighted by molar-refractivity contribution is 7.91. The van der Waals surface area contributed by atoms with Crippen LogP contribution in [-0.4, -0.2) is 37.5 Å². The third kappa shape index (κ3) is 3.06. The van der Waals surface area contributed by atoms with Crippen LogP contribution in [0, 0.1) is 17.6 Å². The Balaban J connectivity index is 2.08. The van der Waals surface area contributed by atoms with Gasteiger partial charge in [-0.1, -0.05) is 0 Å². The van der Waals surface area contributed by atoms with E-state index in [1.807, 2.05) is 0 Å². The first-order valence-electron chi connectivity index (χ1n) is 5.96. The second kappa shape index (κ2) is 5.35. The number of rotatable bonds is 4. The molecule has 1 atom stereocenters. The van der Waals surface area contributed by atoms with Crippen LogP contribution in [0.5, 0.6) is 0 Å². The number of hydrogen-bond acceptors (Lipinski definition) is 4. The molecule has 110 valence electrons. The zero-order valence-electron chi connectivity index (χ0n) is 10.4. The number of carboxylic acids is 1. The van der Waals surface area contributed by atoms with Gasteiger partial charge in [0.05, 0.1) is 22.8 Å². The van der Waals surface area contributed by atoms with Crippen molar-refractivity contribution in [2.24, 2.45) is 5.92 Å². The maximum atomic E-state index is 13.6. The summed E-state index contributed by atoms with van der Waals surface area (Å²) < 4.78 is 49.6. The normalized spacial score (nSPS) is 20.8. The van der Waals surface area contributed by atoms with E-state index in [0.29, 0.717) is 6.42 Å². The van der Waals surface area contributed by atoms with Gasteiger partial charge in [0.15, 0.2) is 21.5 Å². The van der Waals surface area contributed by atoms with Gasteiger partial charge in [-0.05, 0) is 24.5 Å². The second-order valence-electron chi connectivity index (χ2n) is 4.74. The first-order valence-corrected chi connectivity index (χ1v) is 7.78. The summed E-state index contributed by atoms with van der Waals surface area (Å²) in [5, 5.41) is 11.3. The SMILES string of the molecule is O=C(O)c1ccc(NCC2CCS(=O)(=O)C2)c(F)c1F. The highest BCUT2D eigenvalue weighted by atomic mass is 32.2. The third-order valence-corrected chi connectivity index (χ3v) is 5.06. The summed E-state index contributed by atoms with van der Waals surface area (Å²) in [5.74, 6) is -4.27. The minimum atomic E-state index is -3.02. The zero-order chi connectivity index (χ0) is 14.9. The molecule has 0 spiro atoms. The molecule has 0 radical (unpaired) electrons. The predicted octanol–water partition coefficient (Wildman–Crippen LogP) is 1.51. The van der Waals surface area contributed by atoms with Crippen molar-refractivity contribution < 1.29 is 27.1 Å². The van der Waals surface area contributed by atoms with Crippen LogP contribution in [0.25, 0.3) is 0 Å². The fraction of sp³-hybridized carbons (Fsp3) is 0.417. The summed E-state index contributed by atoms with van der Waals surface area (Å²) in [7, 11) is -3.02. The lowest BCUT2D eigenvalue weighted by Crippen LogP contribution is -2.17. The fourth-order valence-electron chi connectivity index (χ4n) is 2.14. The average molecular weight is 305 g/mol. The number of anilines is 1. The Morgan fingerprint density at radius 2 is 2.05 bits per heavy atom. The van der Waals surface area contributed by atoms with Crippen LogP contribution in [0.1, 0.15) is 16.8 Å². The number of carbonyl (C=O) groups is 1. The van der Waals surface area contributed by atoms with Crippen molar-refractivity contribution in [3.8, 4) is 0 Å². The van der Waals surface area contributed by atoms with Gasteiger partial charge in [-0.15, -0.1) is 0 Å². The molecule has 1 aliphatic heterocycles. The molecule has 20 heavy (non-hydrogen) atoms. The van der Waals surface area contributed by atoms with Gasteiger partial charge in [0.2, 0.25) is 0 Å². The fourth-order valence-corrected chi connectivity index (χ4v) is 4.00. The molecule has 0 saturated carbocycles. The van der Waals surface area contributed by atoms with Crippen LogP contribution >= 0.6 is 0 Å². The van der Waals surface area contributed by atoms with E-state index in [9.17, 15) is 22.0 Å². The van der Waals surface area contributed by atoms with E-state index in [0.717, 1.165) is 12.1 Å². The van der Waals surface area contributed by atoms with Crippen molar-refractivity contribution in [2.45, 2.75) is 6.42 Å². The van der Waals surface area contributed by atoms with Gasteiger partial charge in [-0.3, -0.25) is 0 Å². The largest absolute Gasteiger partial charge is 0.478 e. The molecule has 2 rings (SSSR count). The molecule has 1 fully saturated rings. The Hall–Kier alpha value is -1.70. The molecule has 0 aliphatic carbocycles. The summed E-state index contributed by atoms with van der Waals surface area (Å²) in [5.41, 5.74) is -0.909. The minimum absolute atomic E-state index is 0.0251. The molecule has 1 saturated heterocycles. The molecule has 1 aromatic carbocycles. The molecule has 1 aliphatic rings. The molecule has 8 heteroatoms. The van der Waals surface area contributed by atoms with Crippen LogP contribution in [0.15, 0.2) is 12.1 Å². The maximum absolute atomic E-state index is 13.6. The van der Waals surface area contributed by atoms with E-state index < -0.39 is 33.0 Å². The summed E-state index contributed by atoms with van der Waals surface area (Å²) in [6, 6.07) is 2.10. The molecule has 0 bridgehead atoms. The van der Waals surface area contributed by atoms with Crippen molar-refractivity contribution in [1.29, 1.82) is 0 Å². The third-order valence-electron chi connectivity index (χ3n) is 3.22. The minimum Gasteiger partial charge on any atom is -0.478 e. The number of benzene rings is 1. The Kier molecular flexibility index (Phi) is 3.94. The molecule has 0 amide bonds. The summed E-state index contributed by atoms with van der Waals surface area (Å²) in [6.45, 7) is 0.196. The van der Waals surface area contributed by atoms with E-state index in [4.69, 9.17) is 5.11 Å². The van der Waals surface area contributed by atoms with Crippen molar-refractivity contribution in [2.75, 3.05) is 23.4 Å². The Labute approximate surface area is 114 Å². The van der Waals surface area contributed by atoms with Crippen LogP contribution in [-0.2, 0) is 9.84 Å². The van der Waals surface area contributed by atoms with Gasteiger partial charge >= 0.3 is 5.97 Å². The first kappa shape index (κ1) is 14.7. The second-order valence-corrected chi connectivity index (χ2v) is 6.97. The molecule has 1 unspecified atom stereocenters. The standard InChI is InChI=1S/C12H13F2NO4S/c13-10-8(12(16)17)1-2-9(11(10)14)15-5-7-3-4-20(18,19)6-7/h1-2,7,15H,3-6H2,(H,16,17). The number of sulfone groups is 1. The van der Waals surface area contributed by atoms with Crippen molar-refractivity contribution in [1.82, 2.24) is 0 Å². The molecule has 5 nitrogen and oxygen atoms in total. The topological polar surface area (TPSA) is 83.5 Å². The van der Waals surface area contributed by atoms with E-state index in [1.165, 1.54) is 0 Å². The van der Waals surface area contributed by atoms with E-state index in [2.05, 4.69) is 5.32 Å². The average Bonchev–Trinajstić information content (AvgIpc) is 2.70. The number of aromatic carboxylic acids is 1. The summed E-state index contributed by atoms with van der Waals surface area (Å²) in [4.78, 5) is 10.6. The van der Waals surface area contributed by atoms with E-state index in [-0.39, 0.29) is 29.7 Å². The lowest BCUT2D eigenvalue weighted by Gasteiger charge is -2.12. The van der Waals surface area contributed by atoms with Crippen molar-refractivity contribution in [3.05, 3.63) is 29.3 Å². The number of halogens is 2. The molecule has 0 aromatic heterocycles. The Bertz CT molecular complexity index is 645. The lowest BCUT2D eigenvalue weighted by atomic mass is 10.1. The van der Waals surface area contributed by atoms with Crippen molar-refractivity contribution >= 4 is 21.5 Å².